The highest BCUT2D eigenvalue weighted by molar-refractivity contribution is 5.89. The number of anilines is 1. The van der Waals surface area contributed by atoms with Crippen molar-refractivity contribution in [2.24, 2.45) is 0 Å². The summed E-state index contributed by atoms with van der Waals surface area (Å²) in [5, 5.41) is 17.8. The summed E-state index contributed by atoms with van der Waals surface area (Å²) in [7, 11) is 0. The molecule has 1 atom stereocenters. The molecule has 18 heavy (non-hydrogen) atoms. The lowest BCUT2D eigenvalue weighted by Gasteiger charge is -2.12. The van der Waals surface area contributed by atoms with Crippen molar-refractivity contribution in [3.8, 4) is 0 Å². The summed E-state index contributed by atoms with van der Waals surface area (Å²) in [6.45, 7) is 3.75. The number of carbonyl (C=O) groups is 2. The monoisotopic (exact) mass is 254 g/mol. The van der Waals surface area contributed by atoms with Crippen molar-refractivity contribution in [1.82, 2.24) is 15.1 Å². The molecule has 1 unspecified atom stereocenters. The first-order chi connectivity index (χ1) is 8.51. The first kappa shape index (κ1) is 14.0. The first-order valence-corrected chi connectivity index (χ1v) is 5.83. The molecule has 7 heteroatoms. The van der Waals surface area contributed by atoms with Crippen LogP contribution in [0.5, 0.6) is 0 Å². The van der Waals surface area contributed by atoms with Gasteiger partial charge in [-0.2, -0.15) is 5.10 Å². The molecule has 0 saturated carbocycles. The Bertz CT molecular complexity index is 416. The Morgan fingerprint density at radius 1 is 1.56 bits per heavy atom. The highest BCUT2D eigenvalue weighted by Gasteiger charge is 2.08. The fourth-order valence-corrected chi connectivity index (χ4v) is 1.55. The third-order valence-electron chi connectivity index (χ3n) is 2.29. The quantitative estimate of drug-likeness (QED) is 0.712. The summed E-state index contributed by atoms with van der Waals surface area (Å²) in [5.41, 5.74) is 0.470. The molecule has 1 heterocycles. The van der Waals surface area contributed by atoms with Crippen LogP contribution in [-0.4, -0.2) is 32.9 Å². The fourth-order valence-electron chi connectivity index (χ4n) is 1.55. The summed E-state index contributed by atoms with van der Waals surface area (Å²) >= 11 is 0. The molecule has 0 aliphatic heterocycles. The number of aromatic nitrogens is 2. The van der Waals surface area contributed by atoms with Gasteiger partial charge in [-0.3, -0.25) is 9.48 Å². The third-order valence-corrected chi connectivity index (χ3v) is 2.29. The van der Waals surface area contributed by atoms with Gasteiger partial charge >= 0.3 is 12.0 Å². The molecular weight excluding hydrogens is 236 g/mol. The number of hydrogen-bond acceptors (Lipinski definition) is 3. The summed E-state index contributed by atoms with van der Waals surface area (Å²) in [6, 6.07) is -0.213. The van der Waals surface area contributed by atoms with Gasteiger partial charge in [0.1, 0.15) is 6.54 Å². The molecule has 0 saturated heterocycles. The minimum Gasteiger partial charge on any atom is -0.480 e. The van der Waals surface area contributed by atoms with E-state index in [0.29, 0.717) is 5.69 Å². The number of rotatable bonds is 6. The number of nitrogens with zero attached hydrogens (tertiary/aromatic N) is 2. The van der Waals surface area contributed by atoms with Crippen LogP contribution in [0.4, 0.5) is 10.5 Å². The molecule has 0 radical (unpaired) electrons. The maximum atomic E-state index is 11.6. The van der Waals surface area contributed by atoms with E-state index < -0.39 is 5.97 Å². The van der Waals surface area contributed by atoms with Gasteiger partial charge in [0.25, 0.3) is 0 Å². The number of aliphatic carboxylic acids is 1. The van der Waals surface area contributed by atoms with Gasteiger partial charge in [-0.25, -0.2) is 4.79 Å². The Labute approximate surface area is 105 Å². The minimum atomic E-state index is -0.981. The molecular formula is C11H18N4O3. The van der Waals surface area contributed by atoms with Crippen LogP contribution in [0.25, 0.3) is 0 Å². The number of carbonyl (C=O) groups excluding carboxylic acids is 1. The number of carboxylic acid groups (broad SMARTS) is 1. The van der Waals surface area contributed by atoms with Crippen molar-refractivity contribution < 1.29 is 14.7 Å². The predicted molar refractivity (Wildman–Crippen MR) is 66.4 cm³/mol. The van der Waals surface area contributed by atoms with E-state index in [1.54, 1.807) is 0 Å². The van der Waals surface area contributed by atoms with Gasteiger partial charge in [0, 0.05) is 12.2 Å². The maximum absolute atomic E-state index is 11.6. The van der Waals surface area contributed by atoms with Crippen molar-refractivity contribution >= 4 is 17.7 Å². The predicted octanol–water partition coefficient (Wildman–Crippen LogP) is 1.28. The van der Waals surface area contributed by atoms with E-state index in [0.717, 1.165) is 12.8 Å². The Morgan fingerprint density at radius 2 is 2.28 bits per heavy atom. The molecule has 0 aliphatic rings. The second-order valence-corrected chi connectivity index (χ2v) is 4.11. The van der Waals surface area contributed by atoms with Crippen LogP contribution in [0.15, 0.2) is 12.4 Å². The second-order valence-electron chi connectivity index (χ2n) is 4.11. The SMILES string of the molecule is CCCC(C)NC(=O)Nc1cnn(CC(=O)O)c1. The zero-order valence-corrected chi connectivity index (χ0v) is 10.5. The molecule has 0 spiro atoms. The average Bonchev–Trinajstić information content (AvgIpc) is 2.64. The summed E-state index contributed by atoms with van der Waals surface area (Å²) in [4.78, 5) is 22.0. The standard InChI is InChI=1S/C11H18N4O3/c1-3-4-8(2)13-11(18)14-9-5-12-15(6-9)7-10(16)17/h5-6,8H,3-4,7H2,1-2H3,(H,16,17)(H2,13,14,18). The van der Waals surface area contributed by atoms with Crippen LogP contribution in [0.2, 0.25) is 0 Å². The molecule has 1 aromatic heterocycles. The second kappa shape index (κ2) is 6.63. The molecule has 100 valence electrons. The third kappa shape index (κ3) is 4.86. The van der Waals surface area contributed by atoms with E-state index >= 15 is 0 Å². The number of urea groups is 1. The molecule has 1 aromatic rings. The average molecular weight is 254 g/mol. The van der Waals surface area contributed by atoms with Crippen LogP contribution in [0, 0.1) is 0 Å². The molecule has 2 amide bonds. The summed E-state index contributed by atoms with van der Waals surface area (Å²) in [6.07, 6.45) is 4.79. The van der Waals surface area contributed by atoms with Crippen LogP contribution < -0.4 is 10.6 Å². The van der Waals surface area contributed by atoms with E-state index in [1.165, 1.54) is 17.1 Å². The number of hydrogen-bond donors (Lipinski definition) is 3. The lowest BCUT2D eigenvalue weighted by Crippen LogP contribution is -2.35. The Balaban J connectivity index is 2.44. The fraction of sp³-hybridized carbons (Fsp3) is 0.545. The lowest BCUT2D eigenvalue weighted by molar-refractivity contribution is -0.137. The van der Waals surface area contributed by atoms with Crippen LogP contribution in [0.1, 0.15) is 26.7 Å². The number of carboxylic acids is 1. The molecule has 0 fully saturated rings. The van der Waals surface area contributed by atoms with Crippen LogP contribution in [-0.2, 0) is 11.3 Å². The Hall–Kier alpha value is -2.05. The van der Waals surface area contributed by atoms with E-state index in [1.807, 2.05) is 13.8 Å². The molecule has 0 bridgehead atoms. The van der Waals surface area contributed by atoms with Crippen molar-refractivity contribution in [1.29, 1.82) is 0 Å². The summed E-state index contributed by atoms with van der Waals surface area (Å²) < 4.78 is 1.24. The topological polar surface area (TPSA) is 96.3 Å². The smallest absolute Gasteiger partial charge is 0.325 e. The lowest BCUT2D eigenvalue weighted by atomic mass is 10.2. The van der Waals surface area contributed by atoms with Gasteiger partial charge in [0.2, 0.25) is 0 Å². The molecule has 0 aliphatic carbocycles. The molecule has 1 rings (SSSR count). The Morgan fingerprint density at radius 3 is 2.89 bits per heavy atom. The number of amides is 2. The van der Waals surface area contributed by atoms with Crippen LogP contribution >= 0.6 is 0 Å². The zero-order valence-electron chi connectivity index (χ0n) is 10.5. The van der Waals surface area contributed by atoms with Gasteiger partial charge < -0.3 is 15.7 Å². The van der Waals surface area contributed by atoms with Crippen molar-refractivity contribution in [3.63, 3.8) is 0 Å². The van der Waals surface area contributed by atoms with E-state index in [4.69, 9.17) is 5.11 Å². The maximum Gasteiger partial charge on any atom is 0.325 e. The highest BCUT2D eigenvalue weighted by atomic mass is 16.4. The molecule has 3 N–H and O–H groups in total. The van der Waals surface area contributed by atoms with E-state index in [2.05, 4.69) is 15.7 Å². The highest BCUT2D eigenvalue weighted by Crippen LogP contribution is 2.05. The first-order valence-electron chi connectivity index (χ1n) is 5.83. The van der Waals surface area contributed by atoms with Crippen molar-refractivity contribution in [2.45, 2.75) is 39.3 Å². The van der Waals surface area contributed by atoms with Gasteiger partial charge in [-0.05, 0) is 13.3 Å². The van der Waals surface area contributed by atoms with Gasteiger partial charge in [0.15, 0.2) is 0 Å². The van der Waals surface area contributed by atoms with Crippen molar-refractivity contribution in [2.75, 3.05) is 5.32 Å². The van der Waals surface area contributed by atoms with E-state index in [9.17, 15) is 9.59 Å². The van der Waals surface area contributed by atoms with Gasteiger partial charge in [-0.15, -0.1) is 0 Å². The van der Waals surface area contributed by atoms with E-state index in [-0.39, 0.29) is 18.6 Å². The zero-order chi connectivity index (χ0) is 13.5. The van der Waals surface area contributed by atoms with Crippen LogP contribution in [0.3, 0.4) is 0 Å². The van der Waals surface area contributed by atoms with Gasteiger partial charge in [-0.1, -0.05) is 13.3 Å². The molecule has 0 aromatic carbocycles. The summed E-state index contributed by atoms with van der Waals surface area (Å²) in [5.74, 6) is -0.981. The molecule has 7 nitrogen and oxygen atoms in total. The Kier molecular flexibility index (Phi) is 5.16. The number of nitrogens with one attached hydrogen (secondary N) is 2. The van der Waals surface area contributed by atoms with Gasteiger partial charge in [0.05, 0.1) is 11.9 Å². The van der Waals surface area contributed by atoms with Crippen molar-refractivity contribution in [3.05, 3.63) is 12.4 Å². The minimum absolute atomic E-state index is 0.101. The normalized spacial score (nSPS) is 11.9. The largest absolute Gasteiger partial charge is 0.480 e.